The Morgan fingerprint density at radius 2 is 2.16 bits per heavy atom. The average Bonchev–Trinajstić information content (AvgIpc) is 3.11. The van der Waals surface area contributed by atoms with Crippen molar-refractivity contribution in [2.24, 2.45) is 5.73 Å². The van der Waals surface area contributed by atoms with Gasteiger partial charge in [0.1, 0.15) is 5.76 Å². The Balaban J connectivity index is 1.89. The van der Waals surface area contributed by atoms with Gasteiger partial charge in [0.05, 0.1) is 24.8 Å². The van der Waals surface area contributed by atoms with Crippen LogP contribution in [0, 0.1) is 0 Å². The zero-order valence-electron chi connectivity index (χ0n) is 11.3. The SMILES string of the molecule is CCCNC(CCC(N)c1ccco1)c1ccoc1. The fourth-order valence-electron chi connectivity index (χ4n) is 2.17. The first-order valence-corrected chi connectivity index (χ1v) is 6.85. The summed E-state index contributed by atoms with van der Waals surface area (Å²) in [5, 5.41) is 3.53. The molecule has 0 saturated carbocycles. The van der Waals surface area contributed by atoms with Crippen LogP contribution in [0.15, 0.2) is 45.8 Å². The van der Waals surface area contributed by atoms with Crippen molar-refractivity contribution in [3.63, 3.8) is 0 Å². The predicted molar refractivity (Wildman–Crippen MR) is 74.6 cm³/mol. The number of rotatable bonds is 8. The van der Waals surface area contributed by atoms with Gasteiger partial charge in [-0.05, 0) is 44.0 Å². The van der Waals surface area contributed by atoms with Crippen LogP contribution < -0.4 is 11.1 Å². The zero-order valence-corrected chi connectivity index (χ0v) is 11.3. The van der Waals surface area contributed by atoms with E-state index in [1.54, 1.807) is 18.8 Å². The maximum atomic E-state index is 6.12. The van der Waals surface area contributed by atoms with E-state index >= 15 is 0 Å². The Labute approximate surface area is 114 Å². The number of furan rings is 2. The van der Waals surface area contributed by atoms with Gasteiger partial charge in [-0.3, -0.25) is 0 Å². The second-order valence-electron chi connectivity index (χ2n) is 4.76. The molecule has 0 amide bonds. The minimum atomic E-state index is -0.0483. The van der Waals surface area contributed by atoms with Gasteiger partial charge in [0.25, 0.3) is 0 Å². The number of nitrogens with one attached hydrogen (secondary N) is 1. The molecule has 2 rings (SSSR count). The molecule has 0 aromatic carbocycles. The monoisotopic (exact) mass is 262 g/mol. The van der Waals surface area contributed by atoms with Crippen LogP contribution in [0.1, 0.15) is 49.6 Å². The number of hydrogen-bond donors (Lipinski definition) is 2. The summed E-state index contributed by atoms with van der Waals surface area (Å²) in [5.41, 5.74) is 7.31. The van der Waals surface area contributed by atoms with Crippen LogP contribution in [-0.2, 0) is 0 Å². The molecule has 2 aromatic heterocycles. The molecule has 104 valence electrons. The van der Waals surface area contributed by atoms with Gasteiger partial charge >= 0.3 is 0 Å². The fraction of sp³-hybridized carbons (Fsp3) is 0.467. The van der Waals surface area contributed by atoms with Crippen molar-refractivity contribution in [1.29, 1.82) is 0 Å². The Kier molecular flexibility index (Phi) is 5.24. The second-order valence-corrected chi connectivity index (χ2v) is 4.76. The summed E-state index contributed by atoms with van der Waals surface area (Å²) in [7, 11) is 0. The lowest BCUT2D eigenvalue weighted by Crippen LogP contribution is -2.23. The van der Waals surface area contributed by atoms with E-state index in [2.05, 4.69) is 12.2 Å². The van der Waals surface area contributed by atoms with Crippen LogP contribution in [-0.4, -0.2) is 6.54 Å². The molecular formula is C15H22N2O2. The molecule has 2 heterocycles. The molecule has 0 spiro atoms. The molecule has 0 aliphatic rings. The maximum Gasteiger partial charge on any atom is 0.120 e. The van der Waals surface area contributed by atoms with Gasteiger partial charge in [-0.25, -0.2) is 0 Å². The Morgan fingerprint density at radius 3 is 2.79 bits per heavy atom. The summed E-state index contributed by atoms with van der Waals surface area (Å²) in [5.74, 6) is 0.849. The highest BCUT2D eigenvalue weighted by Crippen LogP contribution is 2.24. The van der Waals surface area contributed by atoms with Gasteiger partial charge < -0.3 is 19.9 Å². The van der Waals surface area contributed by atoms with Crippen LogP contribution in [0.3, 0.4) is 0 Å². The van der Waals surface area contributed by atoms with E-state index in [0.29, 0.717) is 6.04 Å². The van der Waals surface area contributed by atoms with Crippen molar-refractivity contribution in [1.82, 2.24) is 5.32 Å². The molecule has 2 aromatic rings. The summed E-state index contributed by atoms with van der Waals surface area (Å²) < 4.78 is 10.5. The molecule has 0 bridgehead atoms. The van der Waals surface area contributed by atoms with Crippen molar-refractivity contribution < 1.29 is 8.83 Å². The van der Waals surface area contributed by atoms with Crippen LogP contribution in [0.2, 0.25) is 0 Å². The van der Waals surface area contributed by atoms with Gasteiger partial charge in [0.15, 0.2) is 0 Å². The highest BCUT2D eigenvalue weighted by molar-refractivity contribution is 5.12. The highest BCUT2D eigenvalue weighted by Gasteiger charge is 2.15. The van der Waals surface area contributed by atoms with E-state index in [4.69, 9.17) is 14.6 Å². The molecule has 2 atom stereocenters. The van der Waals surface area contributed by atoms with Gasteiger partial charge in [0.2, 0.25) is 0 Å². The molecule has 2 unspecified atom stereocenters. The summed E-state index contributed by atoms with van der Waals surface area (Å²) in [6.45, 7) is 3.15. The van der Waals surface area contributed by atoms with E-state index in [0.717, 1.165) is 31.6 Å². The lowest BCUT2D eigenvalue weighted by molar-refractivity contribution is 0.410. The molecule has 4 nitrogen and oxygen atoms in total. The number of nitrogens with two attached hydrogens (primary N) is 1. The van der Waals surface area contributed by atoms with E-state index in [1.165, 1.54) is 5.56 Å². The van der Waals surface area contributed by atoms with Gasteiger partial charge in [-0.2, -0.15) is 0 Å². The maximum absolute atomic E-state index is 6.12. The zero-order chi connectivity index (χ0) is 13.5. The first-order valence-electron chi connectivity index (χ1n) is 6.85. The quantitative estimate of drug-likeness (QED) is 0.765. The first kappa shape index (κ1) is 13.9. The molecule has 19 heavy (non-hydrogen) atoms. The third kappa shape index (κ3) is 3.98. The predicted octanol–water partition coefficient (Wildman–Crippen LogP) is 3.39. The van der Waals surface area contributed by atoms with Crippen molar-refractivity contribution >= 4 is 0 Å². The molecule has 0 aliphatic heterocycles. The Hall–Kier alpha value is -1.52. The lowest BCUT2D eigenvalue weighted by atomic mass is 10.0. The van der Waals surface area contributed by atoms with Gasteiger partial charge in [-0.1, -0.05) is 6.92 Å². The van der Waals surface area contributed by atoms with Crippen LogP contribution in [0.4, 0.5) is 0 Å². The smallest absolute Gasteiger partial charge is 0.120 e. The summed E-state index contributed by atoms with van der Waals surface area (Å²) in [4.78, 5) is 0. The molecule has 0 radical (unpaired) electrons. The molecule has 0 fully saturated rings. The molecule has 0 aliphatic carbocycles. The summed E-state index contributed by atoms with van der Waals surface area (Å²) >= 11 is 0. The topological polar surface area (TPSA) is 64.3 Å². The van der Waals surface area contributed by atoms with E-state index in [1.807, 2.05) is 18.2 Å². The van der Waals surface area contributed by atoms with Crippen molar-refractivity contribution in [2.75, 3.05) is 6.54 Å². The molecule has 3 N–H and O–H groups in total. The van der Waals surface area contributed by atoms with Gasteiger partial charge in [0, 0.05) is 11.6 Å². The van der Waals surface area contributed by atoms with Crippen molar-refractivity contribution in [3.05, 3.63) is 48.3 Å². The third-order valence-electron chi connectivity index (χ3n) is 3.26. The molecular weight excluding hydrogens is 240 g/mol. The van der Waals surface area contributed by atoms with E-state index in [9.17, 15) is 0 Å². The lowest BCUT2D eigenvalue weighted by Gasteiger charge is -2.18. The average molecular weight is 262 g/mol. The normalized spacial score (nSPS) is 14.4. The van der Waals surface area contributed by atoms with Crippen molar-refractivity contribution in [3.8, 4) is 0 Å². The third-order valence-corrected chi connectivity index (χ3v) is 3.26. The largest absolute Gasteiger partial charge is 0.472 e. The minimum absolute atomic E-state index is 0.0483. The minimum Gasteiger partial charge on any atom is -0.472 e. The highest BCUT2D eigenvalue weighted by atomic mass is 16.3. The van der Waals surface area contributed by atoms with Crippen LogP contribution >= 0.6 is 0 Å². The van der Waals surface area contributed by atoms with Crippen LogP contribution in [0.5, 0.6) is 0 Å². The van der Waals surface area contributed by atoms with Gasteiger partial charge in [-0.15, -0.1) is 0 Å². The first-order chi connectivity index (χ1) is 9.31. The van der Waals surface area contributed by atoms with E-state index < -0.39 is 0 Å². The Morgan fingerprint density at radius 1 is 1.26 bits per heavy atom. The van der Waals surface area contributed by atoms with Crippen LogP contribution in [0.25, 0.3) is 0 Å². The van der Waals surface area contributed by atoms with Crippen molar-refractivity contribution in [2.45, 2.75) is 38.3 Å². The standard InChI is InChI=1S/C15H22N2O2/c1-2-8-17-14(12-7-10-18-11-12)6-5-13(16)15-4-3-9-19-15/h3-4,7,9-11,13-14,17H,2,5-6,8,16H2,1H3. The molecule has 4 heteroatoms. The molecule has 0 saturated heterocycles. The summed E-state index contributed by atoms with van der Waals surface area (Å²) in [6.07, 6.45) is 8.12. The van der Waals surface area contributed by atoms with E-state index in [-0.39, 0.29) is 6.04 Å². The summed E-state index contributed by atoms with van der Waals surface area (Å²) in [6, 6.07) is 6.05. The Bertz CT molecular complexity index is 437. The fourth-order valence-corrected chi connectivity index (χ4v) is 2.17. The number of hydrogen-bond acceptors (Lipinski definition) is 4. The second kappa shape index (κ2) is 7.16.